The molecule has 0 aromatic carbocycles. The van der Waals surface area contributed by atoms with Crippen molar-refractivity contribution in [1.29, 1.82) is 0 Å². The molecule has 0 aliphatic carbocycles. The van der Waals surface area contributed by atoms with Gasteiger partial charge in [0.1, 0.15) is 18.3 Å². The van der Waals surface area contributed by atoms with Crippen molar-refractivity contribution < 1.29 is 25.5 Å². The average Bonchev–Trinajstić information content (AvgIpc) is 2.12. The Morgan fingerprint density at radius 1 is 0.917 bits per heavy atom. The Kier molecular flexibility index (Phi) is 5.81. The summed E-state index contributed by atoms with van der Waals surface area (Å²) in [6.45, 7) is -0.669. The van der Waals surface area contributed by atoms with Crippen LogP contribution in [0.5, 0.6) is 0 Å². The van der Waals surface area contributed by atoms with Crippen LogP contribution in [0.25, 0.3) is 0 Å². The molecule has 74 valence electrons. The van der Waals surface area contributed by atoms with Gasteiger partial charge in [0, 0.05) is 5.75 Å². The Balaban J connectivity index is 3.99. The lowest BCUT2D eigenvalue weighted by Crippen LogP contribution is -2.46. The van der Waals surface area contributed by atoms with Gasteiger partial charge in [-0.25, -0.2) is 0 Å². The fourth-order valence-corrected chi connectivity index (χ4v) is 0.887. The largest absolute Gasteiger partial charge is 0.394 e. The van der Waals surface area contributed by atoms with E-state index >= 15 is 0 Å². The highest BCUT2D eigenvalue weighted by Gasteiger charge is 2.28. The first kappa shape index (κ1) is 12.2. The fraction of sp³-hybridized carbons (Fsp3) is 1.00. The van der Waals surface area contributed by atoms with Crippen LogP contribution in [0, 0.1) is 0 Å². The minimum atomic E-state index is -1.56. The van der Waals surface area contributed by atoms with E-state index < -0.39 is 31.0 Å². The molecule has 12 heavy (non-hydrogen) atoms. The molecule has 0 aliphatic heterocycles. The van der Waals surface area contributed by atoms with Crippen molar-refractivity contribution in [1.82, 2.24) is 0 Å². The van der Waals surface area contributed by atoms with Crippen LogP contribution in [-0.4, -0.2) is 62.3 Å². The van der Waals surface area contributed by atoms with Crippen molar-refractivity contribution in [2.45, 2.75) is 24.4 Å². The minimum Gasteiger partial charge on any atom is -0.394 e. The van der Waals surface area contributed by atoms with E-state index in [0.717, 1.165) is 0 Å². The van der Waals surface area contributed by atoms with Gasteiger partial charge in [-0.1, -0.05) is 0 Å². The predicted octanol–water partition coefficient (Wildman–Crippen LogP) is -2.65. The Morgan fingerprint density at radius 2 is 1.33 bits per heavy atom. The molecular weight excluding hydrogens is 184 g/mol. The van der Waals surface area contributed by atoms with Crippen molar-refractivity contribution >= 4 is 12.6 Å². The summed E-state index contributed by atoms with van der Waals surface area (Å²) < 4.78 is 0. The van der Waals surface area contributed by atoms with Gasteiger partial charge in [-0.05, 0) is 0 Å². The zero-order valence-corrected chi connectivity index (χ0v) is 7.30. The lowest BCUT2D eigenvalue weighted by atomic mass is 10.0. The van der Waals surface area contributed by atoms with E-state index in [1.54, 1.807) is 0 Å². The average molecular weight is 198 g/mol. The summed E-state index contributed by atoms with van der Waals surface area (Å²) in [5, 5.41) is 44.3. The summed E-state index contributed by atoms with van der Waals surface area (Å²) in [5.74, 6) is -0.0314. The van der Waals surface area contributed by atoms with Crippen LogP contribution in [0.1, 0.15) is 0 Å². The van der Waals surface area contributed by atoms with E-state index in [1.807, 2.05) is 0 Å². The second kappa shape index (κ2) is 5.74. The molecule has 0 fully saturated rings. The second-order valence-corrected chi connectivity index (χ2v) is 2.85. The van der Waals surface area contributed by atoms with Crippen LogP contribution in [-0.2, 0) is 0 Å². The van der Waals surface area contributed by atoms with Crippen molar-refractivity contribution in [3.63, 3.8) is 0 Å². The molecular formula is C6H14O5S. The van der Waals surface area contributed by atoms with Crippen molar-refractivity contribution in [3.05, 3.63) is 0 Å². The van der Waals surface area contributed by atoms with Gasteiger partial charge in [0.2, 0.25) is 0 Å². The van der Waals surface area contributed by atoms with E-state index in [-0.39, 0.29) is 5.75 Å². The third kappa shape index (κ3) is 3.26. The molecule has 0 aliphatic rings. The first-order chi connectivity index (χ1) is 5.54. The Morgan fingerprint density at radius 3 is 1.67 bits per heavy atom. The van der Waals surface area contributed by atoms with E-state index in [1.165, 1.54) is 0 Å². The molecule has 0 saturated carbocycles. The minimum absolute atomic E-state index is 0.0314. The molecule has 0 heterocycles. The molecule has 6 heteroatoms. The first-order valence-corrected chi connectivity index (χ1v) is 4.11. The normalized spacial score (nSPS) is 21.5. The van der Waals surface area contributed by atoms with E-state index in [4.69, 9.17) is 25.5 Å². The molecule has 0 unspecified atom stereocenters. The second-order valence-electron chi connectivity index (χ2n) is 2.48. The van der Waals surface area contributed by atoms with Gasteiger partial charge in [-0.3, -0.25) is 0 Å². The highest BCUT2D eigenvalue weighted by Crippen LogP contribution is 2.05. The highest BCUT2D eigenvalue weighted by atomic mass is 32.1. The lowest BCUT2D eigenvalue weighted by molar-refractivity contribution is -0.109. The molecule has 0 aromatic heterocycles. The van der Waals surface area contributed by atoms with Gasteiger partial charge in [-0.15, -0.1) is 0 Å². The third-order valence-corrected chi connectivity index (χ3v) is 1.89. The van der Waals surface area contributed by atoms with Gasteiger partial charge in [0.05, 0.1) is 12.7 Å². The zero-order chi connectivity index (χ0) is 9.72. The molecule has 0 saturated heterocycles. The molecule has 0 aromatic rings. The molecule has 0 spiro atoms. The maximum absolute atomic E-state index is 9.07. The summed E-state index contributed by atoms with van der Waals surface area (Å²) >= 11 is 3.68. The van der Waals surface area contributed by atoms with Gasteiger partial charge in [-0.2, -0.15) is 12.6 Å². The Labute approximate surface area is 75.7 Å². The van der Waals surface area contributed by atoms with E-state index in [9.17, 15) is 0 Å². The summed E-state index contributed by atoms with van der Waals surface area (Å²) in [7, 11) is 0. The summed E-state index contributed by atoms with van der Waals surface area (Å²) in [5.41, 5.74) is 0. The smallest absolute Gasteiger partial charge is 0.111 e. The van der Waals surface area contributed by atoms with E-state index in [0.29, 0.717) is 0 Å². The summed E-state index contributed by atoms with van der Waals surface area (Å²) in [6, 6.07) is 0. The zero-order valence-electron chi connectivity index (χ0n) is 6.41. The molecule has 0 amide bonds. The maximum Gasteiger partial charge on any atom is 0.111 e. The van der Waals surface area contributed by atoms with Crippen LogP contribution in [0.3, 0.4) is 0 Å². The van der Waals surface area contributed by atoms with Crippen LogP contribution in [0.15, 0.2) is 0 Å². The maximum atomic E-state index is 9.07. The quantitative estimate of drug-likeness (QED) is 0.271. The van der Waals surface area contributed by atoms with Crippen LogP contribution < -0.4 is 0 Å². The van der Waals surface area contributed by atoms with Crippen LogP contribution >= 0.6 is 12.6 Å². The van der Waals surface area contributed by atoms with Crippen molar-refractivity contribution in [2.75, 3.05) is 12.4 Å². The number of hydrogen-bond donors (Lipinski definition) is 6. The lowest BCUT2D eigenvalue weighted by Gasteiger charge is -2.24. The monoisotopic (exact) mass is 198 g/mol. The van der Waals surface area contributed by atoms with Crippen molar-refractivity contribution in [3.8, 4) is 0 Å². The van der Waals surface area contributed by atoms with E-state index in [2.05, 4.69) is 12.6 Å². The Bertz CT molecular complexity index is 109. The fourth-order valence-electron chi connectivity index (χ4n) is 0.671. The van der Waals surface area contributed by atoms with Crippen molar-refractivity contribution in [2.24, 2.45) is 0 Å². The third-order valence-electron chi connectivity index (χ3n) is 1.51. The molecule has 0 bridgehead atoms. The van der Waals surface area contributed by atoms with Crippen LogP contribution in [0.2, 0.25) is 0 Å². The van der Waals surface area contributed by atoms with Gasteiger partial charge in [0.25, 0.3) is 0 Å². The van der Waals surface area contributed by atoms with Gasteiger partial charge in [0.15, 0.2) is 0 Å². The molecule has 0 rings (SSSR count). The van der Waals surface area contributed by atoms with Gasteiger partial charge < -0.3 is 25.5 Å². The Hall–Kier alpha value is 0.150. The van der Waals surface area contributed by atoms with Gasteiger partial charge >= 0.3 is 0 Å². The number of aliphatic hydroxyl groups is 5. The SMILES string of the molecule is OC[C@H](O)[C@H](O)[C@H](O)[C@@H](O)CS. The number of aliphatic hydroxyl groups excluding tert-OH is 5. The topological polar surface area (TPSA) is 101 Å². The summed E-state index contributed by atoms with van der Waals surface area (Å²) in [4.78, 5) is 0. The summed E-state index contributed by atoms with van der Waals surface area (Å²) in [6.07, 6.45) is -5.72. The number of hydrogen-bond acceptors (Lipinski definition) is 6. The molecule has 4 atom stereocenters. The molecule has 0 radical (unpaired) electrons. The molecule has 5 nitrogen and oxygen atoms in total. The predicted molar refractivity (Wildman–Crippen MR) is 45.0 cm³/mol. The standard InChI is InChI=1S/C6H14O5S/c7-1-3(8)5(10)6(11)4(9)2-12/h3-12H,1-2H2/t3-,4-,5-,6+/m0/s1. The van der Waals surface area contributed by atoms with Crippen LogP contribution in [0.4, 0.5) is 0 Å². The highest BCUT2D eigenvalue weighted by molar-refractivity contribution is 7.80. The number of thiol groups is 1. The first-order valence-electron chi connectivity index (χ1n) is 3.48. The number of rotatable bonds is 5. The molecule has 5 N–H and O–H groups in total.